The number of benzene rings is 1. The van der Waals surface area contributed by atoms with Crippen molar-refractivity contribution in [2.75, 3.05) is 14.1 Å². The molecule has 5 heteroatoms. The van der Waals surface area contributed by atoms with E-state index in [0.29, 0.717) is 12.1 Å². The van der Waals surface area contributed by atoms with Crippen LogP contribution in [0.25, 0.3) is 0 Å². The topological polar surface area (TPSA) is 54.3 Å². The van der Waals surface area contributed by atoms with E-state index in [1.54, 1.807) is 19.3 Å². The molecule has 1 aromatic carbocycles. The van der Waals surface area contributed by atoms with E-state index in [4.69, 9.17) is 0 Å². The number of pyridine rings is 1. The molecule has 0 aliphatic carbocycles. The predicted molar refractivity (Wildman–Crippen MR) is 86.7 cm³/mol. The molecule has 5 nitrogen and oxygen atoms in total. The Hall–Kier alpha value is -2.40. The molecule has 1 amide bonds. The van der Waals surface area contributed by atoms with Crippen molar-refractivity contribution in [3.63, 3.8) is 0 Å². The van der Waals surface area contributed by atoms with Gasteiger partial charge in [-0.3, -0.25) is 9.59 Å². The third-order valence-corrected chi connectivity index (χ3v) is 3.34. The van der Waals surface area contributed by atoms with E-state index >= 15 is 0 Å². The van der Waals surface area contributed by atoms with Crippen LogP contribution in [0.15, 0.2) is 47.4 Å². The first-order valence-corrected chi connectivity index (χ1v) is 7.13. The zero-order chi connectivity index (χ0) is 16.1. The van der Waals surface area contributed by atoms with Gasteiger partial charge in [-0.15, -0.1) is 0 Å². The number of nitrogens with zero attached hydrogens (tertiary/aromatic N) is 2. The average Bonchev–Trinajstić information content (AvgIpc) is 2.48. The molecule has 0 unspecified atom stereocenters. The maximum Gasteiger partial charge on any atom is 0.251 e. The standard InChI is InChI=1S/C17H21N3O2/c1-19(2)12-14-6-4-13(5-7-14)11-18-17(22)15-8-9-20(3)16(21)10-15/h4-10H,11-12H2,1-3H3,(H,18,22). The van der Waals surface area contributed by atoms with Crippen LogP contribution in [0.3, 0.4) is 0 Å². The molecule has 0 spiro atoms. The lowest BCUT2D eigenvalue weighted by Crippen LogP contribution is -2.25. The highest BCUT2D eigenvalue weighted by molar-refractivity contribution is 5.93. The summed E-state index contributed by atoms with van der Waals surface area (Å²) in [5.74, 6) is -0.241. The number of hydrogen-bond acceptors (Lipinski definition) is 3. The Morgan fingerprint density at radius 2 is 1.77 bits per heavy atom. The van der Waals surface area contributed by atoms with Gasteiger partial charge in [0.2, 0.25) is 0 Å². The van der Waals surface area contributed by atoms with Crippen LogP contribution in [0, 0.1) is 0 Å². The maximum absolute atomic E-state index is 12.0. The summed E-state index contributed by atoms with van der Waals surface area (Å²) in [6, 6.07) is 11.1. The molecule has 1 aromatic heterocycles. The molecule has 0 aliphatic heterocycles. The lowest BCUT2D eigenvalue weighted by molar-refractivity contribution is 0.0950. The first kappa shape index (κ1) is 16.0. The van der Waals surface area contributed by atoms with E-state index in [9.17, 15) is 9.59 Å². The molecule has 2 aromatic rings. The number of carbonyl (C=O) groups is 1. The molecule has 0 bridgehead atoms. The number of amides is 1. The molecule has 0 saturated heterocycles. The van der Waals surface area contributed by atoms with E-state index in [1.165, 1.54) is 16.2 Å². The molecule has 0 saturated carbocycles. The maximum atomic E-state index is 12.0. The summed E-state index contributed by atoms with van der Waals surface area (Å²) in [5, 5.41) is 2.82. The van der Waals surface area contributed by atoms with Crippen molar-refractivity contribution in [3.05, 3.63) is 69.6 Å². The Balaban J connectivity index is 1.95. The van der Waals surface area contributed by atoms with Crippen LogP contribution in [0.2, 0.25) is 0 Å². The fourth-order valence-electron chi connectivity index (χ4n) is 2.10. The zero-order valence-corrected chi connectivity index (χ0v) is 13.2. The number of rotatable bonds is 5. The summed E-state index contributed by atoms with van der Waals surface area (Å²) in [6.07, 6.45) is 1.59. The van der Waals surface area contributed by atoms with E-state index in [2.05, 4.69) is 22.3 Å². The Labute approximate surface area is 130 Å². The Kier molecular flexibility index (Phi) is 5.12. The van der Waals surface area contributed by atoms with E-state index in [1.807, 2.05) is 26.2 Å². The summed E-state index contributed by atoms with van der Waals surface area (Å²) in [4.78, 5) is 25.7. The summed E-state index contributed by atoms with van der Waals surface area (Å²) in [5.41, 5.74) is 2.44. The van der Waals surface area contributed by atoms with Gasteiger partial charge in [0.1, 0.15) is 0 Å². The Morgan fingerprint density at radius 1 is 1.14 bits per heavy atom. The van der Waals surface area contributed by atoms with Crippen molar-refractivity contribution >= 4 is 5.91 Å². The first-order valence-electron chi connectivity index (χ1n) is 7.13. The van der Waals surface area contributed by atoms with Gasteiger partial charge in [0.15, 0.2) is 0 Å². The number of carbonyl (C=O) groups excluding carboxylic acids is 1. The van der Waals surface area contributed by atoms with Crippen molar-refractivity contribution in [2.24, 2.45) is 7.05 Å². The number of hydrogen-bond donors (Lipinski definition) is 1. The van der Waals surface area contributed by atoms with Crippen LogP contribution < -0.4 is 10.9 Å². The highest BCUT2D eigenvalue weighted by atomic mass is 16.2. The molecule has 0 aliphatic rings. The van der Waals surface area contributed by atoms with Gasteiger partial charge in [-0.05, 0) is 31.3 Å². The summed E-state index contributed by atoms with van der Waals surface area (Å²) >= 11 is 0. The van der Waals surface area contributed by atoms with Gasteiger partial charge in [0.25, 0.3) is 11.5 Å². The molecule has 2 rings (SSSR count). The minimum Gasteiger partial charge on any atom is -0.348 e. The molecule has 0 atom stereocenters. The monoisotopic (exact) mass is 299 g/mol. The van der Waals surface area contributed by atoms with Gasteiger partial charge < -0.3 is 14.8 Å². The van der Waals surface area contributed by atoms with Gasteiger partial charge in [-0.2, -0.15) is 0 Å². The second-order valence-corrected chi connectivity index (χ2v) is 5.60. The molecule has 1 heterocycles. The van der Waals surface area contributed by atoms with E-state index in [-0.39, 0.29) is 11.5 Å². The van der Waals surface area contributed by atoms with Gasteiger partial charge in [-0.1, -0.05) is 24.3 Å². The number of aryl methyl sites for hydroxylation is 1. The average molecular weight is 299 g/mol. The molecule has 1 N–H and O–H groups in total. The molecule has 22 heavy (non-hydrogen) atoms. The summed E-state index contributed by atoms with van der Waals surface area (Å²) < 4.78 is 1.43. The lowest BCUT2D eigenvalue weighted by atomic mass is 10.1. The van der Waals surface area contributed by atoms with Crippen LogP contribution in [-0.4, -0.2) is 29.5 Å². The Bertz CT molecular complexity index is 703. The fraction of sp³-hybridized carbons (Fsp3) is 0.294. The van der Waals surface area contributed by atoms with E-state index in [0.717, 1.165) is 12.1 Å². The molecular formula is C17H21N3O2. The first-order chi connectivity index (χ1) is 10.5. The van der Waals surface area contributed by atoms with Crippen molar-refractivity contribution in [3.8, 4) is 0 Å². The minimum atomic E-state index is -0.241. The van der Waals surface area contributed by atoms with Crippen LogP contribution in [0.1, 0.15) is 21.5 Å². The third kappa shape index (κ3) is 4.30. The molecule has 116 valence electrons. The van der Waals surface area contributed by atoms with Crippen molar-refractivity contribution < 1.29 is 4.79 Å². The van der Waals surface area contributed by atoms with Gasteiger partial charge in [0.05, 0.1) is 0 Å². The molecule has 0 radical (unpaired) electrons. The third-order valence-electron chi connectivity index (χ3n) is 3.34. The van der Waals surface area contributed by atoms with E-state index < -0.39 is 0 Å². The van der Waals surface area contributed by atoms with Gasteiger partial charge in [-0.25, -0.2) is 0 Å². The molecule has 0 fully saturated rings. The molecular weight excluding hydrogens is 278 g/mol. The summed E-state index contributed by atoms with van der Waals surface area (Å²) in [6.45, 7) is 1.33. The second kappa shape index (κ2) is 7.04. The minimum absolute atomic E-state index is 0.194. The van der Waals surface area contributed by atoms with Crippen molar-refractivity contribution in [1.29, 1.82) is 0 Å². The number of nitrogens with one attached hydrogen (secondary N) is 1. The highest BCUT2D eigenvalue weighted by Crippen LogP contribution is 2.06. The smallest absolute Gasteiger partial charge is 0.251 e. The largest absolute Gasteiger partial charge is 0.348 e. The second-order valence-electron chi connectivity index (χ2n) is 5.60. The van der Waals surface area contributed by atoms with Crippen LogP contribution in [-0.2, 0) is 20.1 Å². The van der Waals surface area contributed by atoms with Gasteiger partial charge >= 0.3 is 0 Å². The zero-order valence-electron chi connectivity index (χ0n) is 13.2. The van der Waals surface area contributed by atoms with Crippen LogP contribution in [0.4, 0.5) is 0 Å². The van der Waals surface area contributed by atoms with Crippen molar-refractivity contribution in [2.45, 2.75) is 13.1 Å². The Morgan fingerprint density at radius 3 is 2.36 bits per heavy atom. The lowest BCUT2D eigenvalue weighted by Gasteiger charge is -2.10. The highest BCUT2D eigenvalue weighted by Gasteiger charge is 2.06. The van der Waals surface area contributed by atoms with Crippen LogP contribution >= 0.6 is 0 Å². The SMILES string of the molecule is CN(C)Cc1ccc(CNC(=O)c2ccn(C)c(=O)c2)cc1. The van der Waals surface area contributed by atoms with Crippen molar-refractivity contribution in [1.82, 2.24) is 14.8 Å². The predicted octanol–water partition coefficient (Wildman–Crippen LogP) is 1.38. The fourth-order valence-corrected chi connectivity index (χ4v) is 2.10. The number of aromatic nitrogens is 1. The van der Waals surface area contributed by atoms with Gasteiger partial charge in [0, 0.05) is 38.0 Å². The van der Waals surface area contributed by atoms with Crippen LogP contribution in [0.5, 0.6) is 0 Å². The summed E-state index contributed by atoms with van der Waals surface area (Å²) in [7, 11) is 5.70. The normalized spacial score (nSPS) is 10.7. The quantitative estimate of drug-likeness (QED) is 0.907.